The van der Waals surface area contributed by atoms with Gasteiger partial charge < -0.3 is 24.6 Å². The lowest BCUT2D eigenvalue weighted by Gasteiger charge is -2.20. The molecule has 0 saturated heterocycles. The summed E-state index contributed by atoms with van der Waals surface area (Å²) in [7, 11) is -4.61. The summed E-state index contributed by atoms with van der Waals surface area (Å²) < 4.78 is 32.6. The Morgan fingerprint density at radius 1 is 0.577 bits per heavy atom. The molecule has 0 aliphatic carbocycles. The van der Waals surface area contributed by atoms with E-state index in [-0.39, 0.29) is 19.4 Å². The number of esters is 2. The fourth-order valence-electron chi connectivity index (χ4n) is 5.60. The number of hydrogen-bond acceptors (Lipinski definition) is 9. The molecule has 52 heavy (non-hydrogen) atoms. The van der Waals surface area contributed by atoms with E-state index < -0.39 is 51.8 Å². The molecule has 0 aromatic carbocycles. The maximum atomic E-state index is 12.6. The van der Waals surface area contributed by atoms with Crippen molar-refractivity contribution in [2.24, 2.45) is 0 Å². The standard InChI is InChI=1S/C41H77O10P/c1-3-5-7-9-11-13-15-17-19-21-22-24-26-28-30-32-40(44)48-36-39(37-50-52(46,47)49-35-38(43)34-42)51-41(45)33-31-29-27-25-23-20-18-16-14-12-10-8-6-4-2/h10,12,16,18,38-39,42-43H,3-9,11,13-15,17,19-37H2,1-2H3,(H,46,47)/b12-10-,18-16-/t38-,39+/m0/s1. The first-order chi connectivity index (χ1) is 25.2. The molecular formula is C41H77O10P. The van der Waals surface area contributed by atoms with E-state index in [0.717, 1.165) is 64.2 Å². The van der Waals surface area contributed by atoms with E-state index in [4.69, 9.17) is 19.1 Å². The van der Waals surface area contributed by atoms with Crippen LogP contribution in [0.3, 0.4) is 0 Å². The Labute approximate surface area is 317 Å². The number of phosphoric ester groups is 1. The molecule has 10 nitrogen and oxygen atoms in total. The first-order valence-corrected chi connectivity index (χ1v) is 22.3. The smallest absolute Gasteiger partial charge is 0.462 e. The zero-order chi connectivity index (χ0) is 38.4. The average Bonchev–Trinajstić information content (AvgIpc) is 3.13. The predicted octanol–water partition coefficient (Wildman–Crippen LogP) is 10.6. The highest BCUT2D eigenvalue weighted by atomic mass is 31.2. The lowest BCUT2D eigenvalue weighted by Crippen LogP contribution is -2.29. The normalized spacial score (nSPS) is 14.2. The summed E-state index contributed by atoms with van der Waals surface area (Å²) in [4.78, 5) is 34.9. The topological polar surface area (TPSA) is 149 Å². The molecule has 0 aromatic heterocycles. The van der Waals surface area contributed by atoms with Gasteiger partial charge in [-0.2, -0.15) is 0 Å². The van der Waals surface area contributed by atoms with Crippen LogP contribution in [-0.4, -0.2) is 65.7 Å². The minimum absolute atomic E-state index is 0.170. The number of rotatable bonds is 39. The van der Waals surface area contributed by atoms with Crippen molar-refractivity contribution in [2.45, 2.75) is 199 Å². The molecule has 3 atom stereocenters. The van der Waals surface area contributed by atoms with Crippen LogP contribution in [0.5, 0.6) is 0 Å². The Hall–Kier alpha value is -1.55. The van der Waals surface area contributed by atoms with Crippen LogP contribution in [0.2, 0.25) is 0 Å². The molecule has 0 saturated carbocycles. The zero-order valence-corrected chi connectivity index (χ0v) is 33.9. The largest absolute Gasteiger partial charge is 0.472 e. The second-order valence-electron chi connectivity index (χ2n) is 14.0. The highest BCUT2D eigenvalue weighted by molar-refractivity contribution is 7.47. The molecule has 0 aliphatic heterocycles. The lowest BCUT2D eigenvalue weighted by atomic mass is 10.0. The van der Waals surface area contributed by atoms with Gasteiger partial charge in [0.05, 0.1) is 19.8 Å². The monoisotopic (exact) mass is 761 g/mol. The molecule has 0 spiro atoms. The lowest BCUT2D eigenvalue weighted by molar-refractivity contribution is -0.161. The Morgan fingerprint density at radius 3 is 1.54 bits per heavy atom. The van der Waals surface area contributed by atoms with Crippen molar-refractivity contribution >= 4 is 19.8 Å². The Morgan fingerprint density at radius 2 is 1.02 bits per heavy atom. The first kappa shape index (κ1) is 50.5. The number of aliphatic hydroxyl groups is 2. The minimum Gasteiger partial charge on any atom is -0.462 e. The van der Waals surface area contributed by atoms with Crippen molar-refractivity contribution in [2.75, 3.05) is 26.4 Å². The van der Waals surface area contributed by atoms with Crippen LogP contribution in [-0.2, 0) is 32.7 Å². The number of ether oxygens (including phenoxy) is 2. The van der Waals surface area contributed by atoms with E-state index in [9.17, 15) is 24.2 Å². The summed E-state index contributed by atoms with van der Waals surface area (Å²) in [6, 6.07) is 0. The van der Waals surface area contributed by atoms with Gasteiger partial charge >= 0.3 is 19.8 Å². The summed E-state index contributed by atoms with van der Waals surface area (Å²) in [5.41, 5.74) is 0. The molecule has 0 amide bonds. The van der Waals surface area contributed by atoms with Gasteiger partial charge in [0.1, 0.15) is 12.7 Å². The van der Waals surface area contributed by atoms with E-state index in [1.165, 1.54) is 83.5 Å². The van der Waals surface area contributed by atoms with Crippen LogP contribution < -0.4 is 0 Å². The van der Waals surface area contributed by atoms with Crippen LogP contribution in [0.4, 0.5) is 0 Å². The van der Waals surface area contributed by atoms with Crippen LogP contribution in [0.25, 0.3) is 0 Å². The molecule has 0 radical (unpaired) electrons. The van der Waals surface area contributed by atoms with Crippen molar-refractivity contribution in [1.82, 2.24) is 0 Å². The SMILES string of the molecule is CCCC/C=C\C/C=C\CCCCCCCC(=O)O[C@H](COC(=O)CCCCCCCCCCCCCCCCC)COP(=O)(O)OC[C@@H](O)CO. The predicted molar refractivity (Wildman–Crippen MR) is 210 cm³/mol. The molecule has 0 aromatic rings. The number of carbonyl (C=O) groups excluding carboxylic acids is 2. The number of phosphoric acid groups is 1. The number of allylic oxidation sites excluding steroid dienone is 4. The highest BCUT2D eigenvalue weighted by Gasteiger charge is 2.27. The molecule has 0 fully saturated rings. The van der Waals surface area contributed by atoms with E-state index >= 15 is 0 Å². The molecule has 0 rings (SSSR count). The van der Waals surface area contributed by atoms with Crippen molar-refractivity contribution in [1.29, 1.82) is 0 Å². The maximum Gasteiger partial charge on any atom is 0.472 e. The second-order valence-corrected chi connectivity index (χ2v) is 15.5. The third kappa shape index (κ3) is 36.8. The van der Waals surface area contributed by atoms with Gasteiger partial charge in [-0.1, -0.05) is 160 Å². The third-order valence-corrected chi connectivity index (χ3v) is 9.81. The number of hydrogen-bond donors (Lipinski definition) is 3. The van der Waals surface area contributed by atoms with Crippen LogP contribution in [0.1, 0.15) is 187 Å². The van der Waals surface area contributed by atoms with Crippen LogP contribution >= 0.6 is 7.82 Å². The van der Waals surface area contributed by atoms with Gasteiger partial charge in [0, 0.05) is 12.8 Å². The summed E-state index contributed by atoms with van der Waals surface area (Å²) in [5, 5.41) is 18.3. The average molecular weight is 761 g/mol. The van der Waals surface area contributed by atoms with E-state index in [0.29, 0.717) is 12.8 Å². The van der Waals surface area contributed by atoms with Crippen molar-refractivity contribution in [3.8, 4) is 0 Å². The Bertz CT molecular complexity index is 925. The number of unbranched alkanes of at least 4 members (excludes halogenated alkanes) is 21. The molecule has 0 bridgehead atoms. The molecule has 11 heteroatoms. The highest BCUT2D eigenvalue weighted by Crippen LogP contribution is 2.43. The summed E-state index contributed by atoms with van der Waals surface area (Å²) >= 11 is 0. The van der Waals surface area contributed by atoms with E-state index in [2.05, 4.69) is 42.7 Å². The van der Waals surface area contributed by atoms with Crippen molar-refractivity contribution < 1.29 is 47.8 Å². The van der Waals surface area contributed by atoms with Gasteiger partial charge in [0.25, 0.3) is 0 Å². The van der Waals surface area contributed by atoms with E-state index in [1.54, 1.807) is 0 Å². The molecular weight excluding hydrogens is 683 g/mol. The molecule has 306 valence electrons. The van der Waals surface area contributed by atoms with Gasteiger partial charge in [-0.05, 0) is 38.5 Å². The first-order valence-electron chi connectivity index (χ1n) is 20.8. The molecule has 1 unspecified atom stereocenters. The van der Waals surface area contributed by atoms with Gasteiger partial charge in [0.15, 0.2) is 6.10 Å². The quantitative estimate of drug-likeness (QED) is 0.0239. The third-order valence-electron chi connectivity index (χ3n) is 8.86. The summed E-state index contributed by atoms with van der Waals surface area (Å²) in [6.45, 7) is 2.33. The fraction of sp³-hybridized carbons (Fsp3) is 0.854. The zero-order valence-electron chi connectivity index (χ0n) is 33.0. The van der Waals surface area contributed by atoms with E-state index in [1.807, 2.05) is 0 Å². The molecule has 0 heterocycles. The summed E-state index contributed by atoms with van der Waals surface area (Å²) in [5.74, 6) is -0.935. The van der Waals surface area contributed by atoms with Gasteiger partial charge in [0.2, 0.25) is 0 Å². The summed E-state index contributed by atoms with van der Waals surface area (Å²) in [6.07, 6.45) is 35.7. The van der Waals surface area contributed by atoms with Crippen LogP contribution in [0, 0.1) is 0 Å². The van der Waals surface area contributed by atoms with Crippen LogP contribution in [0.15, 0.2) is 24.3 Å². The van der Waals surface area contributed by atoms with Gasteiger partial charge in [-0.15, -0.1) is 0 Å². The molecule has 3 N–H and O–H groups in total. The Kier molecular flexibility index (Phi) is 36.6. The second kappa shape index (κ2) is 37.8. The maximum absolute atomic E-state index is 12.6. The van der Waals surface area contributed by atoms with Gasteiger partial charge in [-0.25, -0.2) is 4.57 Å². The van der Waals surface area contributed by atoms with Gasteiger partial charge in [-0.3, -0.25) is 18.6 Å². The fourth-order valence-corrected chi connectivity index (χ4v) is 6.39. The number of carbonyl (C=O) groups is 2. The van der Waals surface area contributed by atoms with Crippen molar-refractivity contribution in [3.63, 3.8) is 0 Å². The van der Waals surface area contributed by atoms with Crippen molar-refractivity contribution in [3.05, 3.63) is 24.3 Å². The number of aliphatic hydroxyl groups excluding tert-OH is 2. The minimum atomic E-state index is -4.61. The molecule has 0 aliphatic rings. The Balaban J connectivity index is 4.32.